The van der Waals surface area contributed by atoms with E-state index in [1.807, 2.05) is 0 Å². The van der Waals surface area contributed by atoms with Gasteiger partial charge in [0.05, 0.1) is 5.75 Å². The quantitative estimate of drug-likeness (QED) is 0.130. The molecule has 1 N–H and O–H groups in total. The Balaban J connectivity index is 0. The SMILES string of the molecule is CCCCCCCCCCCCCC([O-])=NCCCCS(=O)(=O)O.[K+]. The van der Waals surface area contributed by atoms with E-state index in [0.717, 1.165) is 12.8 Å². The summed E-state index contributed by atoms with van der Waals surface area (Å²) in [6.07, 6.45) is 15.2. The van der Waals surface area contributed by atoms with Crippen molar-refractivity contribution >= 4 is 16.0 Å². The van der Waals surface area contributed by atoms with Crippen LogP contribution in [-0.4, -0.2) is 31.2 Å². The van der Waals surface area contributed by atoms with Crippen molar-refractivity contribution in [2.75, 3.05) is 12.3 Å². The van der Waals surface area contributed by atoms with E-state index in [0.29, 0.717) is 25.8 Å². The maximum absolute atomic E-state index is 11.5. The van der Waals surface area contributed by atoms with Gasteiger partial charge in [-0.15, -0.1) is 0 Å². The maximum atomic E-state index is 11.5. The summed E-state index contributed by atoms with van der Waals surface area (Å²) in [7, 11) is -3.88. The van der Waals surface area contributed by atoms with Gasteiger partial charge in [-0.3, -0.25) is 4.55 Å². The third-order valence-corrected chi connectivity index (χ3v) is 4.90. The summed E-state index contributed by atoms with van der Waals surface area (Å²) >= 11 is 0. The number of nitrogens with zero attached hydrogens (tertiary/aromatic N) is 1. The van der Waals surface area contributed by atoms with Crippen LogP contribution in [0.15, 0.2) is 4.99 Å². The molecule has 0 atom stereocenters. The van der Waals surface area contributed by atoms with Crippen LogP contribution in [0.25, 0.3) is 0 Å². The van der Waals surface area contributed by atoms with E-state index >= 15 is 0 Å². The van der Waals surface area contributed by atoms with Crippen LogP contribution in [0.5, 0.6) is 0 Å². The molecule has 0 amide bonds. The number of unbranched alkanes of at least 4 members (excludes halogenated alkanes) is 11. The molecule has 0 radical (unpaired) electrons. The monoisotopic (exact) mass is 401 g/mol. The van der Waals surface area contributed by atoms with Crippen molar-refractivity contribution < 1.29 is 69.5 Å². The second-order valence-electron chi connectivity index (χ2n) is 6.55. The Morgan fingerprint density at radius 1 is 0.840 bits per heavy atom. The molecule has 0 unspecified atom stereocenters. The largest absolute Gasteiger partial charge is 1.00 e. The molecule has 0 aromatic heterocycles. The average molecular weight is 402 g/mol. The number of aliphatic imine (C=N–C) groups is 1. The molecular weight excluding hydrogens is 365 g/mol. The van der Waals surface area contributed by atoms with Crippen molar-refractivity contribution in [3.63, 3.8) is 0 Å². The maximum Gasteiger partial charge on any atom is 1.00 e. The summed E-state index contributed by atoms with van der Waals surface area (Å²) in [4.78, 5) is 3.91. The molecule has 0 aromatic rings. The van der Waals surface area contributed by atoms with E-state index in [4.69, 9.17) is 4.55 Å². The summed E-state index contributed by atoms with van der Waals surface area (Å²) < 4.78 is 29.6. The van der Waals surface area contributed by atoms with Crippen molar-refractivity contribution in [1.82, 2.24) is 0 Å². The zero-order valence-corrected chi connectivity index (χ0v) is 20.3. The molecule has 0 bridgehead atoms. The fraction of sp³-hybridized carbons (Fsp3) is 0.944. The molecule has 0 saturated heterocycles. The van der Waals surface area contributed by atoms with Gasteiger partial charge in [-0.25, -0.2) is 0 Å². The Kier molecular flexibility index (Phi) is 22.3. The van der Waals surface area contributed by atoms with Crippen LogP contribution in [0.2, 0.25) is 0 Å². The predicted octanol–water partition coefficient (Wildman–Crippen LogP) is 1.12. The van der Waals surface area contributed by atoms with Gasteiger partial charge < -0.3 is 10.1 Å². The average Bonchev–Trinajstić information content (AvgIpc) is 2.51. The second-order valence-corrected chi connectivity index (χ2v) is 8.13. The first kappa shape index (κ1) is 28.2. The third-order valence-electron chi connectivity index (χ3n) is 4.09. The van der Waals surface area contributed by atoms with E-state index in [-0.39, 0.29) is 63.0 Å². The Hall–Kier alpha value is 1.02. The van der Waals surface area contributed by atoms with Gasteiger partial charge in [-0.2, -0.15) is 8.42 Å². The van der Waals surface area contributed by atoms with Gasteiger partial charge >= 0.3 is 51.4 Å². The minimum Gasteiger partial charge on any atom is -0.862 e. The topological polar surface area (TPSA) is 89.8 Å². The van der Waals surface area contributed by atoms with Gasteiger partial charge in [0.2, 0.25) is 0 Å². The second kappa shape index (κ2) is 19.8. The predicted molar refractivity (Wildman–Crippen MR) is 99.0 cm³/mol. The van der Waals surface area contributed by atoms with Crippen molar-refractivity contribution in [2.24, 2.45) is 4.99 Å². The first-order valence-electron chi connectivity index (χ1n) is 9.61. The van der Waals surface area contributed by atoms with Crippen LogP contribution in [-0.2, 0) is 10.1 Å². The molecule has 0 aliphatic heterocycles. The summed E-state index contributed by atoms with van der Waals surface area (Å²) in [6, 6.07) is 0. The first-order valence-corrected chi connectivity index (χ1v) is 11.2. The minimum absolute atomic E-state index is 0. The van der Waals surface area contributed by atoms with Gasteiger partial charge in [-0.1, -0.05) is 71.1 Å². The summed E-state index contributed by atoms with van der Waals surface area (Å²) in [5, 5.41) is 11.5. The molecule has 0 heterocycles. The van der Waals surface area contributed by atoms with Gasteiger partial charge in [0.1, 0.15) is 0 Å². The van der Waals surface area contributed by atoms with Crippen molar-refractivity contribution in [3.8, 4) is 0 Å². The molecule has 0 rings (SSSR count). The standard InChI is InChI=1S/C18H37NO4S.K/c1-2-3-4-5-6-7-8-9-10-11-12-15-18(20)19-16-13-14-17-24(21,22)23;/h2-17H2,1H3,(H,19,20)(H,21,22,23);/q;+1/p-1. The number of rotatable bonds is 17. The van der Waals surface area contributed by atoms with Crippen LogP contribution < -0.4 is 56.5 Å². The van der Waals surface area contributed by atoms with E-state index in [1.54, 1.807) is 0 Å². The zero-order valence-electron chi connectivity index (χ0n) is 16.3. The Labute approximate surface area is 197 Å². The first-order chi connectivity index (χ1) is 11.5. The van der Waals surface area contributed by atoms with Gasteiger partial charge in [0, 0.05) is 6.54 Å². The fourth-order valence-corrected chi connectivity index (χ4v) is 3.19. The third kappa shape index (κ3) is 25.0. The minimum atomic E-state index is -3.88. The molecule has 7 heteroatoms. The molecule has 5 nitrogen and oxygen atoms in total. The van der Waals surface area contributed by atoms with Crippen LogP contribution in [0, 0.1) is 0 Å². The smallest absolute Gasteiger partial charge is 0.862 e. The van der Waals surface area contributed by atoms with E-state index in [9.17, 15) is 13.5 Å². The molecule has 0 aliphatic rings. The molecular formula is C18H36KNO4S. The zero-order chi connectivity index (χ0) is 18.1. The van der Waals surface area contributed by atoms with E-state index < -0.39 is 10.1 Å². The molecule has 0 aliphatic carbocycles. The molecule has 0 saturated carbocycles. The van der Waals surface area contributed by atoms with Crippen LogP contribution in [0.1, 0.15) is 96.8 Å². The molecule has 0 fully saturated rings. The van der Waals surface area contributed by atoms with Crippen LogP contribution in [0.3, 0.4) is 0 Å². The van der Waals surface area contributed by atoms with Crippen molar-refractivity contribution in [3.05, 3.63) is 0 Å². The van der Waals surface area contributed by atoms with Gasteiger partial charge in [0.15, 0.2) is 0 Å². The van der Waals surface area contributed by atoms with Crippen molar-refractivity contribution in [2.45, 2.75) is 96.8 Å². The summed E-state index contributed by atoms with van der Waals surface area (Å²) in [6.45, 7) is 2.59. The fourth-order valence-electron chi connectivity index (χ4n) is 2.62. The molecule has 144 valence electrons. The Morgan fingerprint density at radius 3 is 1.80 bits per heavy atom. The number of hydrogen-bond donors (Lipinski definition) is 1. The number of hydrogen-bond acceptors (Lipinski definition) is 4. The van der Waals surface area contributed by atoms with E-state index in [2.05, 4.69) is 11.9 Å². The summed E-state index contributed by atoms with van der Waals surface area (Å²) in [5.74, 6) is -0.340. The van der Waals surface area contributed by atoms with Crippen LogP contribution >= 0.6 is 0 Å². The Morgan fingerprint density at radius 2 is 1.32 bits per heavy atom. The van der Waals surface area contributed by atoms with Crippen LogP contribution in [0.4, 0.5) is 0 Å². The molecule has 25 heavy (non-hydrogen) atoms. The van der Waals surface area contributed by atoms with Gasteiger partial charge in [0.25, 0.3) is 10.1 Å². The Bertz CT molecular complexity index is 413. The summed E-state index contributed by atoms with van der Waals surface area (Å²) in [5.41, 5.74) is 0. The normalized spacial score (nSPS) is 12.2. The van der Waals surface area contributed by atoms with E-state index in [1.165, 1.54) is 57.8 Å². The molecule has 0 aromatic carbocycles. The van der Waals surface area contributed by atoms with Gasteiger partial charge in [-0.05, 0) is 31.6 Å². The van der Waals surface area contributed by atoms with Crippen molar-refractivity contribution in [1.29, 1.82) is 0 Å². The molecule has 0 spiro atoms.